The molecular weight excluding hydrogens is 238 g/mol. The number of hydrogen-bond acceptors (Lipinski definition) is 2. The van der Waals surface area contributed by atoms with Gasteiger partial charge in [-0.3, -0.25) is 0 Å². The maximum absolute atomic E-state index is 11.6. The molecular formula is C16H29NO2. The van der Waals surface area contributed by atoms with Crippen LogP contribution in [0.15, 0.2) is 0 Å². The summed E-state index contributed by atoms with van der Waals surface area (Å²) in [5.41, 5.74) is 0. The van der Waals surface area contributed by atoms with Crippen LogP contribution in [0, 0.1) is 5.92 Å². The minimum absolute atomic E-state index is 0.199. The number of alkyl carbamates (subject to hydrolysis) is 1. The van der Waals surface area contributed by atoms with Crippen LogP contribution in [0.25, 0.3) is 0 Å². The van der Waals surface area contributed by atoms with Crippen molar-refractivity contribution in [2.75, 3.05) is 6.61 Å². The maximum atomic E-state index is 11.6. The summed E-state index contributed by atoms with van der Waals surface area (Å²) in [6.45, 7) is 0.592. The number of amides is 1. The Morgan fingerprint density at radius 1 is 0.947 bits per heavy atom. The molecule has 19 heavy (non-hydrogen) atoms. The molecule has 0 bridgehead atoms. The van der Waals surface area contributed by atoms with Crippen LogP contribution >= 0.6 is 0 Å². The van der Waals surface area contributed by atoms with E-state index >= 15 is 0 Å². The lowest BCUT2D eigenvalue weighted by molar-refractivity contribution is 0.134. The second kappa shape index (κ2) is 8.44. The predicted molar refractivity (Wildman–Crippen MR) is 77.2 cm³/mol. The van der Waals surface area contributed by atoms with Crippen LogP contribution in [0.2, 0.25) is 0 Å². The fourth-order valence-electron chi connectivity index (χ4n) is 3.47. The first-order chi connectivity index (χ1) is 9.34. The van der Waals surface area contributed by atoms with Gasteiger partial charge >= 0.3 is 6.09 Å². The standard InChI is InChI=1S/C16H29NO2/c18-16(17-15-11-5-2-6-12-15)19-13-7-10-14-8-3-1-4-9-14/h14-15H,1-13H2,(H,17,18). The fraction of sp³-hybridized carbons (Fsp3) is 0.938. The SMILES string of the molecule is O=C(NC1CCCCC1)OCCCC1CCCCC1. The molecule has 3 heteroatoms. The largest absolute Gasteiger partial charge is 0.450 e. The van der Waals surface area contributed by atoms with E-state index in [1.54, 1.807) is 0 Å². The molecule has 0 aromatic heterocycles. The third-order valence-corrected chi connectivity index (χ3v) is 4.64. The van der Waals surface area contributed by atoms with Crippen molar-refractivity contribution < 1.29 is 9.53 Å². The summed E-state index contributed by atoms with van der Waals surface area (Å²) >= 11 is 0. The molecule has 0 saturated heterocycles. The molecule has 2 aliphatic rings. The molecule has 0 aromatic carbocycles. The maximum Gasteiger partial charge on any atom is 0.407 e. The second-order valence-electron chi connectivity index (χ2n) is 6.26. The van der Waals surface area contributed by atoms with Crippen LogP contribution in [-0.4, -0.2) is 18.7 Å². The number of rotatable bonds is 5. The van der Waals surface area contributed by atoms with Crippen LogP contribution in [-0.2, 0) is 4.74 Å². The lowest BCUT2D eigenvalue weighted by Gasteiger charge is -2.23. The number of carbonyl (C=O) groups is 1. The molecule has 0 radical (unpaired) electrons. The van der Waals surface area contributed by atoms with Crippen molar-refractivity contribution in [1.29, 1.82) is 0 Å². The van der Waals surface area contributed by atoms with E-state index in [0.717, 1.165) is 25.2 Å². The van der Waals surface area contributed by atoms with Crippen molar-refractivity contribution in [2.24, 2.45) is 5.92 Å². The Bertz CT molecular complexity index is 255. The summed E-state index contributed by atoms with van der Waals surface area (Å²) < 4.78 is 5.29. The highest BCUT2D eigenvalue weighted by Crippen LogP contribution is 2.27. The van der Waals surface area contributed by atoms with Crippen LogP contribution in [0.1, 0.15) is 77.0 Å². The Kier molecular flexibility index (Phi) is 6.52. The molecule has 3 nitrogen and oxygen atoms in total. The van der Waals surface area contributed by atoms with Gasteiger partial charge in [-0.05, 0) is 31.6 Å². The topological polar surface area (TPSA) is 38.3 Å². The van der Waals surface area contributed by atoms with E-state index in [9.17, 15) is 4.79 Å². The predicted octanol–water partition coefficient (Wildman–Crippen LogP) is 4.41. The molecule has 0 atom stereocenters. The summed E-state index contributed by atoms with van der Waals surface area (Å²) in [6.07, 6.45) is 15.1. The van der Waals surface area contributed by atoms with Gasteiger partial charge in [-0.15, -0.1) is 0 Å². The highest BCUT2D eigenvalue weighted by molar-refractivity contribution is 5.67. The first-order valence-corrected chi connectivity index (χ1v) is 8.28. The highest BCUT2D eigenvalue weighted by atomic mass is 16.5. The van der Waals surface area contributed by atoms with Crippen molar-refractivity contribution in [3.05, 3.63) is 0 Å². The quantitative estimate of drug-likeness (QED) is 0.749. The average molecular weight is 267 g/mol. The van der Waals surface area contributed by atoms with Crippen molar-refractivity contribution in [3.63, 3.8) is 0 Å². The molecule has 0 aromatic rings. The van der Waals surface area contributed by atoms with Crippen molar-refractivity contribution in [2.45, 2.75) is 83.1 Å². The number of ether oxygens (including phenoxy) is 1. The van der Waals surface area contributed by atoms with Gasteiger partial charge in [-0.25, -0.2) is 4.79 Å². The van der Waals surface area contributed by atoms with E-state index in [2.05, 4.69) is 5.32 Å². The lowest BCUT2D eigenvalue weighted by atomic mass is 9.86. The monoisotopic (exact) mass is 267 g/mol. The van der Waals surface area contributed by atoms with E-state index < -0.39 is 0 Å². The average Bonchev–Trinajstić information content (AvgIpc) is 2.46. The number of hydrogen-bond donors (Lipinski definition) is 1. The van der Waals surface area contributed by atoms with Gasteiger partial charge < -0.3 is 10.1 Å². The third kappa shape index (κ3) is 5.84. The Morgan fingerprint density at radius 2 is 1.58 bits per heavy atom. The Labute approximate surface area is 117 Å². The first-order valence-electron chi connectivity index (χ1n) is 8.28. The van der Waals surface area contributed by atoms with Crippen LogP contribution in [0.5, 0.6) is 0 Å². The van der Waals surface area contributed by atoms with Gasteiger partial charge in [0.05, 0.1) is 6.61 Å². The van der Waals surface area contributed by atoms with Gasteiger partial charge in [-0.2, -0.15) is 0 Å². The van der Waals surface area contributed by atoms with Crippen LogP contribution < -0.4 is 5.32 Å². The van der Waals surface area contributed by atoms with Gasteiger partial charge in [0.2, 0.25) is 0 Å². The Morgan fingerprint density at radius 3 is 2.26 bits per heavy atom. The van der Waals surface area contributed by atoms with Gasteiger partial charge in [-0.1, -0.05) is 51.4 Å². The van der Waals surface area contributed by atoms with Gasteiger partial charge in [0, 0.05) is 6.04 Å². The molecule has 0 aliphatic heterocycles. The molecule has 2 aliphatic carbocycles. The molecule has 2 fully saturated rings. The van der Waals surface area contributed by atoms with E-state index in [4.69, 9.17) is 4.74 Å². The number of carbonyl (C=O) groups excluding carboxylic acids is 1. The smallest absolute Gasteiger partial charge is 0.407 e. The molecule has 0 heterocycles. The summed E-state index contributed by atoms with van der Waals surface area (Å²) in [5, 5.41) is 3.00. The first kappa shape index (κ1) is 14.7. The minimum Gasteiger partial charge on any atom is -0.450 e. The lowest BCUT2D eigenvalue weighted by Crippen LogP contribution is -2.36. The normalized spacial score (nSPS) is 22.1. The third-order valence-electron chi connectivity index (χ3n) is 4.64. The van der Waals surface area contributed by atoms with Crippen molar-refractivity contribution >= 4 is 6.09 Å². The van der Waals surface area contributed by atoms with E-state index in [1.807, 2.05) is 0 Å². The molecule has 110 valence electrons. The molecule has 2 rings (SSSR count). The summed E-state index contributed by atoms with van der Waals surface area (Å²) in [5.74, 6) is 0.888. The van der Waals surface area contributed by atoms with Crippen LogP contribution in [0.4, 0.5) is 4.79 Å². The summed E-state index contributed by atoms with van der Waals surface area (Å²) in [7, 11) is 0. The van der Waals surface area contributed by atoms with Gasteiger partial charge in [0.1, 0.15) is 0 Å². The minimum atomic E-state index is -0.199. The number of nitrogens with one attached hydrogen (secondary N) is 1. The van der Waals surface area contributed by atoms with Gasteiger partial charge in [0.25, 0.3) is 0 Å². The zero-order valence-corrected chi connectivity index (χ0v) is 12.2. The zero-order chi connectivity index (χ0) is 13.3. The molecule has 1 N–H and O–H groups in total. The molecule has 0 spiro atoms. The molecule has 0 unspecified atom stereocenters. The fourth-order valence-corrected chi connectivity index (χ4v) is 3.47. The highest BCUT2D eigenvalue weighted by Gasteiger charge is 2.16. The van der Waals surface area contributed by atoms with E-state index in [0.29, 0.717) is 12.6 Å². The van der Waals surface area contributed by atoms with Crippen molar-refractivity contribution in [3.8, 4) is 0 Å². The van der Waals surface area contributed by atoms with Crippen LogP contribution in [0.3, 0.4) is 0 Å². The van der Waals surface area contributed by atoms with E-state index in [-0.39, 0.29) is 6.09 Å². The Balaban J connectivity index is 1.48. The summed E-state index contributed by atoms with van der Waals surface area (Å²) in [4.78, 5) is 11.6. The van der Waals surface area contributed by atoms with Crippen molar-refractivity contribution in [1.82, 2.24) is 5.32 Å². The summed E-state index contributed by atoms with van der Waals surface area (Å²) in [6, 6.07) is 0.361. The zero-order valence-electron chi connectivity index (χ0n) is 12.2. The van der Waals surface area contributed by atoms with E-state index in [1.165, 1.54) is 57.8 Å². The second-order valence-corrected chi connectivity index (χ2v) is 6.26. The Hall–Kier alpha value is -0.730. The molecule has 1 amide bonds. The van der Waals surface area contributed by atoms with Gasteiger partial charge in [0.15, 0.2) is 0 Å². The molecule has 2 saturated carbocycles.